The van der Waals surface area contributed by atoms with E-state index < -0.39 is 23.8 Å². The van der Waals surface area contributed by atoms with E-state index in [0.29, 0.717) is 17.0 Å². The van der Waals surface area contributed by atoms with E-state index in [1.165, 1.54) is 11.3 Å². The van der Waals surface area contributed by atoms with Crippen LogP contribution in [0.25, 0.3) is 0 Å². The van der Waals surface area contributed by atoms with Crippen LogP contribution in [0.2, 0.25) is 0 Å². The maximum atomic E-state index is 13.1. The molecule has 1 amide bonds. The third kappa shape index (κ3) is 3.61. The van der Waals surface area contributed by atoms with E-state index in [-0.39, 0.29) is 23.8 Å². The summed E-state index contributed by atoms with van der Waals surface area (Å²) in [6, 6.07) is 0. The van der Waals surface area contributed by atoms with Crippen LogP contribution in [0, 0.1) is 23.7 Å². The van der Waals surface area contributed by atoms with Crippen LogP contribution in [0.4, 0.5) is 5.00 Å². The topological polar surface area (TPSA) is 92.7 Å². The van der Waals surface area contributed by atoms with E-state index in [1.54, 1.807) is 0 Å². The summed E-state index contributed by atoms with van der Waals surface area (Å²) in [5, 5.41) is 13.1. The summed E-state index contributed by atoms with van der Waals surface area (Å²) >= 11 is 1.44. The Labute approximate surface area is 174 Å². The number of aryl methyl sites for hydroxylation is 1. The number of carboxylic acids is 1. The number of carbonyl (C=O) groups is 3. The van der Waals surface area contributed by atoms with Crippen LogP contribution in [-0.4, -0.2) is 29.1 Å². The number of aliphatic carboxylic acids is 1. The number of hydrogen-bond donors (Lipinski definition) is 2. The van der Waals surface area contributed by atoms with Gasteiger partial charge in [0.1, 0.15) is 5.00 Å². The number of anilines is 1. The first-order valence-corrected chi connectivity index (χ1v) is 11.3. The Morgan fingerprint density at radius 2 is 1.90 bits per heavy atom. The lowest BCUT2D eigenvalue weighted by Gasteiger charge is -2.23. The predicted octanol–water partition coefficient (Wildman–Crippen LogP) is 4.04. The maximum absolute atomic E-state index is 13.1. The highest BCUT2D eigenvalue weighted by molar-refractivity contribution is 7.17. The molecule has 1 aromatic heterocycles. The van der Waals surface area contributed by atoms with Crippen molar-refractivity contribution < 1.29 is 24.2 Å². The zero-order valence-corrected chi connectivity index (χ0v) is 17.6. The number of hydrogen-bond acceptors (Lipinski definition) is 5. The summed E-state index contributed by atoms with van der Waals surface area (Å²) in [5.74, 6) is -3.05. The molecule has 0 aromatic carbocycles. The molecule has 1 saturated carbocycles. The molecule has 5 unspecified atom stereocenters. The number of ether oxygens (including phenoxy) is 1. The van der Waals surface area contributed by atoms with Gasteiger partial charge in [-0.05, 0) is 62.8 Å². The largest absolute Gasteiger partial charge is 0.481 e. The monoisotopic (exact) mass is 417 g/mol. The van der Waals surface area contributed by atoms with Gasteiger partial charge in [0.15, 0.2) is 0 Å². The number of amides is 1. The van der Waals surface area contributed by atoms with Gasteiger partial charge < -0.3 is 15.2 Å². The highest BCUT2D eigenvalue weighted by atomic mass is 32.1. The van der Waals surface area contributed by atoms with Crippen molar-refractivity contribution in [3.05, 3.63) is 28.2 Å². The molecule has 156 valence electrons. The number of rotatable bonds is 6. The minimum absolute atomic E-state index is 0.0498. The van der Waals surface area contributed by atoms with E-state index in [1.807, 2.05) is 26.0 Å². The van der Waals surface area contributed by atoms with Gasteiger partial charge >= 0.3 is 11.9 Å². The fourth-order valence-electron chi connectivity index (χ4n) is 4.91. The molecule has 3 aliphatic carbocycles. The van der Waals surface area contributed by atoms with E-state index in [0.717, 1.165) is 42.5 Å². The van der Waals surface area contributed by atoms with Crippen LogP contribution < -0.4 is 5.32 Å². The first kappa shape index (κ1) is 20.1. The molecule has 0 saturated heterocycles. The molecule has 4 rings (SSSR count). The molecule has 3 aliphatic rings. The fourth-order valence-corrected chi connectivity index (χ4v) is 6.19. The fraction of sp³-hybridized carbons (Fsp3) is 0.591. The molecule has 1 fully saturated rings. The SMILES string of the molecule is CCC(C)OC(=O)c1c(NC(=O)C2C3C=CC(C3)C2C(=O)O)sc2c1CCCC2. The van der Waals surface area contributed by atoms with E-state index in [4.69, 9.17) is 4.74 Å². The van der Waals surface area contributed by atoms with Crippen LogP contribution in [-0.2, 0) is 27.2 Å². The minimum Gasteiger partial charge on any atom is -0.481 e. The summed E-state index contributed by atoms with van der Waals surface area (Å²) in [4.78, 5) is 38.9. The van der Waals surface area contributed by atoms with Crippen molar-refractivity contribution in [1.82, 2.24) is 0 Å². The molecule has 2 N–H and O–H groups in total. The van der Waals surface area contributed by atoms with Crippen LogP contribution in [0.1, 0.15) is 60.3 Å². The Balaban J connectivity index is 1.62. The van der Waals surface area contributed by atoms with Gasteiger partial charge in [0.05, 0.1) is 23.5 Å². The predicted molar refractivity (Wildman–Crippen MR) is 110 cm³/mol. The Morgan fingerprint density at radius 1 is 1.21 bits per heavy atom. The molecule has 0 spiro atoms. The van der Waals surface area contributed by atoms with E-state index in [2.05, 4.69) is 5.32 Å². The number of nitrogens with one attached hydrogen (secondary N) is 1. The lowest BCUT2D eigenvalue weighted by Crippen LogP contribution is -2.36. The minimum atomic E-state index is -0.927. The second kappa shape index (κ2) is 7.94. The summed E-state index contributed by atoms with van der Waals surface area (Å²) in [7, 11) is 0. The second-order valence-electron chi connectivity index (χ2n) is 8.37. The van der Waals surface area contributed by atoms with Gasteiger partial charge in [-0.2, -0.15) is 0 Å². The van der Waals surface area contributed by atoms with Crippen molar-refractivity contribution in [2.75, 3.05) is 5.32 Å². The summed E-state index contributed by atoms with van der Waals surface area (Å²) < 4.78 is 5.58. The second-order valence-corrected chi connectivity index (χ2v) is 9.47. The molecule has 0 aliphatic heterocycles. The number of esters is 1. The highest BCUT2D eigenvalue weighted by Gasteiger charge is 2.51. The smallest absolute Gasteiger partial charge is 0.341 e. The number of allylic oxidation sites excluding steroid dienone is 2. The zero-order valence-electron chi connectivity index (χ0n) is 16.8. The lowest BCUT2D eigenvalue weighted by molar-refractivity contribution is -0.146. The van der Waals surface area contributed by atoms with Gasteiger partial charge in [0, 0.05) is 4.88 Å². The van der Waals surface area contributed by atoms with Crippen molar-refractivity contribution in [1.29, 1.82) is 0 Å². The number of fused-ring (bicyclic) bond motifs is 3. The molecule has 0 radical (unpaired) electrons. The standard InChI is InChI=1S/C22H27NO5S/c1-3-11(2)28-22(27)18-14-6-4-5-7-15(14)29-20(18)23-19(24)16-12-8-9-13(10-12)17(16)21(25)26/h8-9,11-13,16-17H,3-7,10H2,1-2H3,(H,23,24)(H,25,26). The van der Waals surface area contributed by atoms with Gasteiger partial charge in [0.25, 0.3) is 0 Å². The van der Waals surface area contributed by atoms with E-state index in [9.17, 15) is 19.5 Å². The molecule has 1 aromatic rings. The van der Waals surface area contributed by atoms with Crippen LogP contribution in [0.15, 0.2) is 12.2 Å². The quantitative estimate of drug-likeness (QED) is 0.538. The van der Waals surface area contributed by atoms with Crippen LogP contribution in [0.5, 0.6) is 0 Å². The van der Waals surface area contributed by atoms with Crippen molar-refractivity contribution in [3.8, 4) is 0 Å². The van der Waals surface area contributed by atoms with Crippen molar-refractivity contribution in [2.45, 2.75) is 58.5 Å². The maximum Gasteiger partial charge on any atom is 0.341 e. The summed E-state index contributed by atoms with van der Waals surface area (Å²) in [6.07, 6.45) is 8.90. The Bertz CT molecular complexity index is 873. The third-order valence-electron chi connectivity index (χ3n) is 6.54. The van der Waals surface area contributed by atoms with Crippen LogP contribution >= 0.6 is 11.3 Å². The number of carbonyl (C=O) groups excluding carboxylic acids is 2. The number of carboxylic acid groups (broad SMARTS) is 1. The molecular formula is C22H27NO5S. The molecular weight excluding hydrogens is 390 g/mol. The molecule has 1 heterocycles. The summed E-state index contributed by atoms with van der Waals surface area (Å²) in [5.41, 5.74) is 1.47. The van der Waals surface area contributed by atoms with Gasteiger partial charge in [-0.25, -0.2) is 4.79 Å². The van der Waals surface area contributed by atoms with Crippen molar-refractivity contribution in [3.63, 3.8) is 0 Å². The molecule has 29 heavy (non-hydrogen) atoms. The van der Waals surface area contributed by atoms with Gasteiger partial charge in [-0.3, -0.25) is 9.59 Å². The third-order valence-corrected chi connectivity index (χ3v) is 7.75. The molecule has 7 heteroatoms. The molecule has 6 nitrogen and oxygen atoms in total. The number of thiophene rings is 1. The Hall–Kier alpha value is -2.15. The lowest BCUT2D eigenvalue weighted by atomic mass is 9.82. The summed E-state index contributed by atoms with van der Waals surface area (Å²) in [6.45, 7) is 3.81. The molecule has 5 atom stereocenters. The van der Waals surface area contributed by atoms with Crippen molar-refractivity contribution >= 4 is 34.2 Å². The first-order valence-electron chi connectivity index (χ1n) is 10.5. The normalized spacial score (nSPS) is 28.1. The van der Waals surface area contributed by atoms with Crippen LogP contribution in [0.3, 0.4) is 0 Å². The highest BCUT2D eigenvalue weighted by Crippen LogP contribution is 2.49. The molecule has 2 bridgehead atoms. The Morgan fingerprint density at radius 3 is 2.59 bits per heavy atom. The zero-order chi connectivity index (χ0) is 20.7. The van der Waals surface area contributed by atoms with Crippen molar-refractivity contribution in [2.24, 2.45) is 23.7 Å². The average molecular weight is 418 g/mol. The van der Waals surface area contributed by atoms with Gasteiger partial charge in [0.2, 0.25) is 5.91 Å². The van der Waals surface area contributed by atoms with E-state index >= 15 is 0 Å². The average Bonchev–Trinajstić information content (AvgIpc) is 3.39. The Kier molecular flexibility index (Phi) is 5.51. The van der Waals surface area contributed by atoms with Gasteiger partial charge in [-0.15, -0.1) is 11.3 Å². The first-order chi connectivity index (χ1) is 13.9. The van der Waals surface area contributed by atoms with Gasteiger partial charge in [-0.1, -0.05) is 19.1 Å².